The van der Waals surface area contributed by atoms with Gasteiger partial charge in [0.25, 0.3) is 0 Å². The highest BCUT2D eigenvalue weighted by molar-refractivity contribution is 5.78. The zero-order valence-corrected chi connectivity index (χ0v) is 28.6. The minimum absolute atomic E-state index is 0.0262. The lowest BCUT2D eigenvalue weighted by atomic mass is 9.96. The minimum atomic E-state index is -4.84. The van der Waals surface area contributed by atoms with Gasteiger partial charge in [-0.2, -0.15) is 0 Å². The van der Waals surface area contributed by atoms with Crippen molar-refractivity contribution in [3.8, 4) is 39.5 Å². The molecule has 0 bridgehead atoms. The number of rotatable bonds is 20. The van der Waals surface area contributed by atoms with Crippen molar-refractivity contribution in [3.63, 3.8) is 0 Å². The molecule has 0 aliphatic heterocycles. The second kappa shape index (κ2) is 18.9. The number of aryl methyl sites for hydroxylation is 1. The third-order valence-electron chi connectivity index (χ3n) is 8.09. The molecule has 0 amide bonds. The summed E-state index contributed by atoms with van der Waals surface area (Å²) < 4.78 is 89.9. The summed E-state index contributed by atoms with van der Waals surface area (Å²) in [5.41, 5.74) is 5.01. The molecule has 4 aromatic rings. The topological polar surface area (TPSA) is 114 Å². The Hall–Kier alpha value is -5.40. The van der Waals surface area contributed by atoms with Crippen molar-refractivity contribution in [2.45, 2.75) is 70.5 Å². The third-order valence-corrected chi connectivity index (χ3v) is 8.09. The molecule has 0 aliphatic rings. The van der Waals surface area contributed by atoms with Crippen LogP contribution in [0, 0.1) is 0 Å². The summed E-state index contributed by atoms with van der Waals surface area (Å²) in [4.78, 5) is 22.1. The van der Waals surface area contributed by atoms with E-state index in [1.54, 1.807) is 12.1 Å². The molecule has 53 heavy (non-hydrogen) atoms. The Balaban J connectivity index is 1.39. The van der Waals surface area contributed by atoms with Gasteiger partial charge in [0.2, 0.25) is 0 Å². The van der Waals surface area contributed by atoms with E-state index >= 15 is 0 Å². The maximum absolute atomic E-state index is 12.7. The molecule has 14 heteroatoms. The fraction of sp³-hybridized carbons (Fsp3) is 0.333. The Morgan fingerprint density at radius 1 is 0.604 bits per heavy atom. The Bertz CT molecular complexity index is 1710. The van der Waals surface area contributed by atoms with Gasteiger partial charge >= 0.3 is 24.7 Å². The summed E-state index contributed by atoms with van der Waals surface area (Å²) in [5.74, 6) is -2.02. The molecule has 3 N–H and O–H groups in total. The lowest BCUT2D eigenvalue weighted by molar-refractivity contribution is -0.275. The fourth-order valence-electron chi connectivity index (χ4n) is 5.69. The van der Waals surface area contributed by atoms with Crippen LogP contribution in [0.3, 0.4) is 0 Å². The summed E-state index contributed by atoms with van der Waals surface area (Å²) in [6.45, 7) is 0.794. The number of alkyl halides is 6. The van der Waals surface area contributed by atoms with Crippen LogP contribution in [0.1, 0.15) is 56.1 Å². The molecule has 8 nitrogen and oxygen atoms in total. The van der Waals surface area contributed by atoms with Crippen LogP contribution in [-0.2, 0) is 22.4 Å². The van der Waals surface area contributed by atoms with Gasteiger partial charge in [-0.3, -0.25) is 9.59 Å². The summed E-state index contributed by atoms with van der Waals surface area (Å²) in [7, 11) is 0. The number of aliphatic carboxylic acids is 2. The highest BCUT2D eigenvalue weighted by Crippen LogP contribution is 2.34. The number of nitrogens with one attached hydrogen (secondary N) is 1. The summed E-state index contributed by atoms with van der Waals surface area (Å²) in [5, 5.41) is 21.5. The number of carboxylic acid groups (broad SMARTS) is 2. The number of benzene rings is 4. The first-order valence-corrected chi connectivity index (χ1v) is 16.9. The van der Waals surface area contributed by atoms with Gasteiger partial charge in [-0.05, 0) is 114 Å². The monoisotopic (exact) mass is 747 g/mol. The van der Waals surface area contributed by atoms with E-state index in [0.29, 0.717) is 59.5 Å². The van der Waals surface area contributed by atoms with Crippen molar-refractivity contribution >= 4 is 17.6 Å². The van der Waals surface area contributed by atoms with Crippen LogP contribution in [0.15, 0.2) is 84.9 Å². The lowest BCUT2D eigenvalue weighted by Crippen LogP contribution is -2.16. The highest BCUT2D eigenvalue weighted by Gasteiger charge is 2.31. The van der Waals surface area contributed by atoms with Gasteiger partial charge in [-0.1, -0.05) is 49.2 Å². The summed E-state index contributed by atoms with van der Waals surface area (Å²) >= 11 is 0. The fourth-order valence-corrected chi connectivity index (χ4v) is 5.69. The van der Waals surface area contributed by atoms with E-state index in [2.05, 4.69) is 14.8 Å². The van der Waals surface area contributed by atoms with Crippen LogP contribution in [0.2, 0.25) is 0 Å². The molecule has 0 saturated heterocycles. The molecular formula is C39H39F6NO7. The second-order valence-corrected chi connectivity index (χ2v) is 12.2. The molecule has 4 aromatic carbocycles. The van der Waals surface area contributed by atoms with E-state index in [-0.39, 0.29) is 30.9 Å². The number of hydrogen-bond donors (Lipinski definition) is 3. The molecule has 4 rings (SSSR count). The SMILES string of the molecule is O=C(O)CCCOc1cccc(CCCCCCNc2cc(-c3ccc(OC(F)(F)F)cc3)cc(-c3ccc(OC(F)(F)F)cc3)c2)c1CCC(=O)O. The van der Waals surface area contributed by atoms with E-state index in [0.717, 1.165) is 36.8 Å². The average Bonchev–Trinajstić information content (AvgIpc) is 3.08. The Morgan fingerprint density at radius 3 is 1.68 bits per heavy atom. The first kappa shape index (κ1) is 40.4. The van der Waals surface area contributed by atoms with Crippen molar-refractivity contribution in [1.29, 1.82) is 0 Å². The summed E-state index contributed by atoms with van der Waals surface area (Å²) in [6, 6.07) is 21.7. The van der Waals surface area contributed by atoms with Gasteiger partial charge in [0.05, 0.1) is 6.61 Å². The third kappa shape index (κ3) is 14.3. The van der Waals surface area contributed by atoms with E-state index in [4.69, 9.17) is 9.84 Å². The predicted molar refractivity (Wildman–Crippen MR) is 186 cm³/mol. The van der Waals surface area contributed by atoms with Crippen LogP contribution in [-0.4, -0.2) is 48.0 Å². The number of unbranched alkanes of at least 4 members (excludes halogenated alkanes) is 3. The van der Waals surface area contributed by atoms with Crippen LogP contribution >= 0.6 is 0 Å². The van der Waals surface area contributed by atoms with Crippen molar-refractivity contribution in [2.24, 2.45) is 0 Å². The van der Waals surface area contributed by atoms with Crippen molar-refractivity contribution < 1.29 is 60.4 Å². The number of carboxylic acids is 2. The zero-order valence-electron chi connectivity index (χ0n) is 28.6. The smallest absolute Gasteiger partial charge is 0.493 e. The van der Waals surface area contributed by atoms with Crippen molar-refractivity contribution in [2.75, 3.05) is 18.5 Å². The quantitative estimate of drug-likeness (QED) is 0.0605. The van der Waals surface area contributed by atoms with Gasteiger partial charge in [0.1, 0.15) is 17.2 Å². The summed E-state index contributed by atoms with van der Waals surface area (Å²) in [6.07, 6.45) is -5.04. The molecule has 0 saturated carbocycles. The molecule has 0 spiro atoms. The van der Waals surface area contributed by atoms with E-state index in [1.165, 1.54) is 48.5 Å². The molecule has 0 fully saturated rings. The van der Waals surface area contributed by atoms with Crippen molar-refractivity contribution in [1.82, 2.24) is 0 Å². The first-order chi connectivity index (χ1) is 25.1. The van der Waals surface area contributed by atoms with Crippen LogP contribution < -0.4 is 19.5 Å². The number of ether oxygens (including phenoxy) is 3. The van der Waals surface area contributed by atoms with Crippen LogP contribution in [0.5, 0.6) is 17.2 Å². The maximum Gasteiger partial charge on any atom is 0.573 e. The average molecular weight is 748 g/mol. The maximum atomic E-state index is 12.7. The van der Waals surface area contributed by atoms with Gasteiger partial charge in [0.15, 0.2) is 0 Å². The molecule has 284 valence electrons. The Morgan fingerprint density at radius 2 is 1.15 bits per heavy atom. The number of carbonyl (C=O) groups is 2. The number of halogens is 6. The van der Waals surface area contributed by atoms with Gasteiger partial charge in [-0.25, -0.2) is 0 Å². The van der Waals surface area contributed by atoms with E-state index in [9.17, 15) is 41.0 Å². The van der Waals surface area contributed by atoms with Crippen LogP contribution in [0.25, 0.3) is 22.3 Å². The number of hydrogen-bond acceptors (Lipinski definition) is 6. The zero-order chi connectivity index (χ0) is 38.4. The van der Waals surface area contributed by atoms with E-state index in [1.807, 2.05) is 24.3 Å². The molecule has 0 heterocycles. The van der Waals surface area contributed by atoms with Gasteiger partial charge < -0.3 is 29.7 Å². The molecular weight excluding hydrogens is 708 g/mol. The largest absolute Gasteiger partial charge is 0.573 e. The standard InChI is InChI=1S/C39H39F6NO7/c40-38(41,42)52-32-15-11-26(12-16-32)29-23-30(27-13-17-33(18-14-27)53-39(43,44)45)25-31(24-29)46-21-4-2-1-3-7-28-8-5-9-35(34(28)19-20-37(49)50)51-22-6-10-36(47)48/h5,8-9,11-18,23-25,46H,1-4,6-7,10,19-22H2,(H,47,48)(H,49,50). The Labute approximate surface area is 302 Å². The first-order valence-electron chi connectivity index (χ1n) is 16.9. The van der Waals surface area contributed by atoms with E-state index < -0.39 is 24.7 Å². The van der Waals surface area contributed by atoms with Crippen molar-refractivity contribution in [3.05, 3.63) is 96.1 Å². The normalized spacial score (nSPS) is 11.6. The molecule has 0 atom stereocenters. The van der Waals surface area contributed by atoms with Crippen LogP contribution in [0.4, 0.5) is 32.0 Å². The van der Waals surface area contributed by atoms with Gasteiger partial charge in [-0.15, -0.1) is 26.3 Å². The van der Waals surface area contributed by atoms with Gasteiger partial charge in [0, 0.05) is 25.1 Å². The molecule has 0 aromatic heterocycles. The molecule has 0 aliphatic carbocycles. The highest BCUT2D eigenvalue weighted by atomic mass is 19.4. The second-order valence-electron chi connectivity index (χ2n) is 12.2. The number of anilines is 1. The minimum Gasteiger partial charge on any atom is -0.493 e. The molecule has 0 radical (unpaired) electrons. The molecule has 0 unspecified atom stereocenters. The predicted octanol–water partition coefficient (Wildman–Crippen LogP) is 10.3. The lowest BCUT2D eigenvalue weighted by Gasteiger charge is -2.15. The Kier molecular flexibility index (Phi) is 14.4.